The number of benzene rings is 2. The van der Waals surface area contributed by atoms with E-state index in [0.717, 1.165) is 65.4 Å². The Morgan fingerprint density at radius 1 is 0.889 bits per heavy atom. The quantitative estimate of drug-likeness (QED) is 0.211. The van der Waals surface area contributed by atoms with Crippen molar-refractivity contribution in [2.24, 2.45) is 0 Å². The van der Waals surface area contributed by atoms with E-state index in [1.54, 1.807) is 0 Å². The molecule has 6 nitrogen and oxygen atoms in total. The molecule has 1 amide bonds. The minimum Gasteiger partial charge on any atom is -0.382 e. The molecular weight excluding hydrogens is 446 g/mol. The highest BCUT2D eigenvalue weighted by molar-refractivity contribution is 6.06. The molecule has 6 heteroatoms. The van der Waals surface area contributed by atoms with Gasteiger partial charge in [0.15, 0.2) is 5.82 Å². The normalized spacial score (nSPS) is 11.4. The zero-order chi connectivity index (χ0) is 25.3. The van der Waals surface area contributed by atoms with Gasteiger partial charge in [0.25, 0.3) is 0 Å². The first-order valence-corrected chi connectivity index (χ1v) is 13.5. The number of hydrogen-bond acceptors (Lipinski definition) is 4. The lowest BCUT2D eigenvalue weighted by molar-refractivity contribution is -0.121. The number of anilines is 1. The first-order valence-electron chi connectivity index (χ1n) is 13.5. The average Bonchev–Trinajstić information content (AvgIpc) is 3.26. The Bertz CT molecular complexity index is 1290. The van der Waals surface area contributed by atoms with Crippen LogP contribution in [-0.4, -0.2) is 20.4 Å². The van der Waals surface area contributed by atoms with Crippen LogP contribution in [0.25, 0.3) is 21.9 Å². The summed E-state index contributed by atoms with van der Waals surface area (Å²) >= 11 is 0. The standard InChI is InChI=1S/C30H39N5O/c1-3-5-7-8-9-15-27(36)32-20-22-16-18-23(19-17-22)21-35-26(14-6-4-2)34-28-29(35)24-12-10-11-13-25(24)33-30(28)31/h10-13,16-19H,3-9,14-15,20-21H2,1-2H3,(H2,31,33)(H,32,36). The van der Waals surface area contributed by atoms with Gasteiger partial charge in [0.1, 0.15) is 11.3 Å². The number of carbonyl (C=O) groups is 1. The Kier molecular flexibility index (Phi) is 8.93. The second kappa shape index (κ2) is 12.5. The summed E-state index contributed by atoms with van der Waals surface area (Å²) in [5.74, 6) is 1.67. The van der Waals surface area contributed by atoms with E-state index in [-0.39, 0.29) is 5.91 Å². The van der Waals surface area contributed by atoms with Gasteiger partial charge in [-0.2, -0.15) is 0 Å². The third-order valence-electron chi connectivity index (χ3n) is 6.80. The molecule has 2 aromatic carbocycles. The molecule has 0 aliphatic rings. The number of aromatic nitrogens is 3. The topological polar surface area (TPSA) is 85.8 Å². The maximum absolute atomic E-state index is 12.2. The van der Waals surface area contributed by atoms with E-state index < -0.39 is 0 Å². The van der Waals surface area contributed by atoms with Gasteiger partial charge >= 0.3 is 0 Å². The number of nitrogens with zero attached hydrogens (tertiary/aromatic N) is 3. The van der Waals surface area contributed by atoms with Crippen molar-refractivity contribution in [2.75, 3.05) is 5.73 Å². The molecule has 4 rings (SSSR count). The minimum absolute atomic E-state index is 0.138. The summed E-state index contributed by atoms with van der Waals surface area (Å²) in [5, 5.41) is 4.14. The summed E-state index contributed by atoms with van der Waals surface area (Å²) in [4.78, 5) is 21.7. The maximum atomic E-state index is 12.2. The Morgan fingerprint density at radius 3 is 2.39 bits per heavy atom. The fourth-order valence-electron chi connectivity index (χ4n) is 4.72. The molecule has 0 saturated carbocycles. The number of fused-ring (bicyclic) bond motifs is 3. The second-order valence-corrected chi connectivity index (χ2v) is 9.69. The van der Waals surface area contributed by atoms with E-state index in [4.69, 9.17) is 10.7 Å². The lowest BCUT2D eigenvalue weighted by atomic mass is 10.1. The predicted octanol–water partition coefficient (Wildman–Crippen LogP) is 6.53. The third-order valence-corrected chi connectivity index (χ3v) is 6.80. The van der Waals surface area contributed by atoms with E-state index in [1.807, 2.05) is 18.2 Å². The molecule has 190 valence electrons. The van der Waals surface area contributed by atoms with E-state index in [1.165, 1.54) is 24.8 Å². The van der Waals surface area contributed by atoms with Gasteiger partial charge in [0.05, 0.1) is 11.0 Å². The lowest BCUT2D eigenvalue weighted by Gasteiger charge is -2.12. The van der Waals surface area contributed by atoms with Crippen LogP contribution in [0.1, 0.15) is 82.2 Å². The van der Waals surface area contributed by atoms with Crippen LogP contribution in [0.3, 0.4) is 0 Å². The van der Waals surface area contributed by atoms with Crippen LogP contribution < -0.4 is 11.1 Å². The van der Waals surface area contributed by atoms with Crippen LogP contribution in [0.2, 0.25) is 0 Å². The molecule has 0 unspecified atom stereocenters. The van der Waals surface area contributed by atoms with Gasteiger partial charge < -0.3 is 15.6 Å². The number of nitrogen functional groups attached to an aromatic ring is 1. The fourth-order valence-corrected chi connectivity index (χ4v) is 4.72. The van der Waals surface area contributed by atoms with Crippen LogP contribution in [-0.2, 0) is 24.3 Å². The highest BCUT2D eigenvalue weighted by atomic mass is 16.1. The summed E-state index contributed by atoms with van der Waals surface area (Å²) in [6, 6.07) is 16.6. The third kappa shape index (κ3) is 6.23. The number of rotatable bonds is 13. The van der Waals surface area contributed by atoms with Crippen LogP contribution in [0.5, 0.6) is 0 Å². The average molecular weight is 486 g/mol. The van der Waals surface area contributed by atoms with E-state index in [9.17, 15) is 4.79 Å². The largest absolute Gasteiger partial charge is 0.382 e. The molecular formula is C30H39N5O. The summed E-state index contributed by atoms with van der Waals surface area (Å²) in [6.07, 6.45) is 9.50. The molecule has 2 heterocycles. The highest BCUT2D eigenvalue weighted by Crippen LogP contribution is 2.30. The SMILES string of the molecule is CCCCCCCC(=O)NCc1ccc(Cn2c(CCCC)nc3c(N)nc4ccccc4c32)cc1. The molecule has 0 atom stereocenters. The van der Waals surface area contributed by atoms with Crippen molar-refractivity contribution in [3.8, 4) is 0 Å². The summed E-state index contributed by atoms with van der Waals surface area (Å²) in [6.45, 7) is 5.68. The van der Waals surface area contributed by atoms with Crippen LogP contribution in [0, 0.1) is 0 Å². The number of aryl methyl sites for hydroxylation is 1. The first-order chi connectivity index (χ1) is 17.6. The number of amides is 1. The van der Waals surface area contributed by atoms with Gasteiger partial charge in [-0.1, -0.05) is 88.4 Å². The molecule has 3 N–H and O–H groups in total. The molecule has 0 aliphatic heterocycles. The Morgan fingerprint density at radius 2 is 1.61 bits per heavy atom. The maximum Gasteiger partial charge on any atom is 0.220 e. The van der Waals surface area contributed by atoms with Gasteiger partial charge in [-0.15, -0.1) is 0 Å². The van der Waals surface area contributed by atoms with Crippen LogP contribution >= 0.6 is 0 Å². The van der Waals surface area contributed by atoms with E-state index in [0.29, 0.717) is 25.3 Å². The van der Waals surface area contributed by atoms with Crippen LogP contribution in [0.4, 0.5) is 5.82 Å². The number of carbonyl (C=O) groups excluding carboxylic acids is 1. The minimum atomic E-state index is 0.138. The van der Waals surface area contributed by atoms with Crippen molar-refractivity contribution in [1.82, 2.24) is 19.9 Å². The fraction of sp³-hybridized carbons (Fsp3) is 0.433. The van der Waals surface area contributed by atoms with Gasteiger partial charge in [-0.3, -0.25) is 4.79 Å². The predicted molar refractivity (Wildman–Crippen MR) is 149 cm³/mol. The number of para-hydroxylation sites is 1. The van der Waals surface area contributed by atoms with Crippen molar-refractivity contribution in [3.63, 3.8) is 0 Å². The molecule has 2 aromatic heterocycles. The zero-order valence-electron chi connectivity index (χ0n) is 21.7. The van der Waals surface area contributed by atoms with Crippen molar-refractivity contribution in [1.29, 1.82) is 0 Å². The highest BCUT2D eigenvalue weighted by Gasteiger charge is 2.17. The lowest BCUT2D eigenvalue weighted by Crippen LogP contribution is -2.22. The molecule has 4 aromatic rings. The number of unbranched alkanes of at least 4 members (excludes halogenated alkanes) is 5. The van der Waals surface area contributed by atoms with Crippen molar-refractivity contribution in [3.05, 3.63) is 65.5 Å². The zero-order valence-corrected chi connectivity index (χ0v) is 21.7. The molecule has 0 spiro atoms. The van der Waals surface area contributed by atoms with Gasteiger partial charge in [-0.05, 0) is 30.0 Å². The van der Waals surface area contributed by atoms with E-state index >= 15 is 0 Å². The van der Waals surface area contributed by atoms with Gasteiger partial charge in [0, 0.05) is 31.3 Å². The Hall–Kier alpha value is -3.41. The number of nitrogens with one attached hydrogen (secondary N) is 1. The monoisotopic (exact) mass is 485 g/mol. The summed E-state index contributed by atoms with van der Waals surface area (Å²) in [7, 11) is 0. The second-order valence-electron chi connectivity index (χ2n) is 9.69. The van der Waals surface area contributed by atoms with Gasteiger partial charge in [0.2, 0.25) is 5.91 Å². The smallest absolute Gasteiger partial charge is 0.220 e. The van der Waals surface area contributed by atoms with Crippen molar-refractivity contribution < 1.29 is 4.79 Å². The Labute approximate surface area is 214 Å². The van der Waals surface area contributed by atoms with Crippen LogP contribution in [0.15, 0.2) is 48.5 Å². The summed E-state index contributed by atoms with van der Waals surface area (Å²) < 4.78 is 2.31. The first kappa shape index (κ1) is 25.7. The molecule has 0 bridgehead atoms. The number of imidazole rings is 1. The molecule has 36 heavy (non-hydrogen) atoms. The van der Waals surface area contributed by atoms with E-state index in [2.05, 4.69) is 59.0 Å². The van der Waals surface area contributed by atoms with Crippen molar-refractivity contribution in [2.45, 2.75) is 84.7 Å². The number of pyridine rings is 1. The number of nitrogens with two attached hydrogens (primary N) is 1. The van der Waals surface area contributed by atoms with Gasteiger partial charge in [-0.25, -0.2) is 9.97 Å². The summed E-state index contributed by atoms with van der Waals surface area (Å²) in [5.41, 5.74) is 11.4. The molecule has 0 radical (unpaired) electrons. The van der Waals surface area contributed by atoms with Crippen molar-refractivity contribution >= 4 is 33.7 Å². The number of hydrogen-bond donors (Lipinski definition) is 2. The molecule has 0 aliphatic carbocycles. The Balaban J connectivity index is 1.49. The molecule has 0 saturated heterocycles. The molecule has 0 fully saturated rings.